The van der Waals surface area contributed by atoms with Crippen LogP contribution in [-0.4, -0.2) is 10.8 Å². The highest BCUT2D eigenvalue weighted by Crippen LogP contribution is 2.07. The third kappa shape index (κ3) is 2.98. The molecule has 1 heterocycles. The molecule has 13 heavy (non-hydrogen) atoms. The quantitative estimate of drug-likeness (QED) is 0.706. The number of carbonyl (C=O) groups is 1. The summed E-state index contributed by atoms with van der Waals surface area (Å²) in [5.41, 5.74) is 1.01. The third-order valence-electron chi connectivity index (χ3n) is 2.26. The molecular formula is C11H15NO. The maximum absolute atomic E-state index is 11.5. The maximum atomic E-state index is 11.5. The van der Waals surface area contributed by atoms with Gasteiger partial charge in [0.2, 0.25) is 0 Å². The van der Waals surface area contributed by atoms with Crippen LogP contribution < -0.4 is 0 Å². The Morgan fingerprint density at radius 1 is 1.62 bits per heavy atom. The number of pyridine rings is 1. The van der Waals surface area contributed by atoms with Gasteiger partial charge in [-0.3, -0.25) is 9.78 Å². The van der Waals surface area contributed by atoms with Crippen molar-refractivity contribution >= 4 is 5.78 Å². The molecule has 1 atom stereocenters. The van der Waals surface area contributed by atoms with E-state index in [4.69, 9.17) is 0 Å². The fraction of sp³-hybridized carbons (Fsp3) is 0.455. The Kier molecular flexibility index (Phi) is 3.62. The molecule has 0 amide bonds. The lowest BCUT2D eigenvalue weighted by atomic mass is 9.98. The van der Waals surface area contributed by atoms with Crippen molar-refractivity contribution in [3.05, 3.63) is 30.1 Å². The summed E-state index contributed by atoms with van der Waals surface area (Å²) < 4.78 is 0. The topological polar surface area (TPSA) is 30.0 Å². The van der Waals surface area contributed by atoms with Crippen molar-refractivity contribution in [2.45, 2.75) is 26.7 Å². The van der Waals surface area contributed by atoms with E-state index in [1.54, 1.807) is 12.4 Å². The minimum Gasteiger partial charge on any atom is -0.299 e. The minimum atomic E-state index is 0.167. The molecule has 0 spiro atoms. The van der Waals surface area contributed by atoms with Crippen LogP contribution in [0.1, 0.15) is 25.8 Å². The Balaban J connectivity index is 2.55. The molecule has 0 aliphatic carbocycles. The van der Waals surface area contributed by atoms with E-state index in [2.05, 4.69) is 4.98 Å². The summed E-state index contributed by atoms with van der Waals surface area (Å²) in [6, 6.07) is 3.80. The molecule has 1 rings (SSSR count). The number of rotatable bonds is 4. The molecule has 1 aromatic rings. The van der Waals surface area contributed by atoms with Crippen molar-refractivity contribution in [2.24, 2.45) is 5.92 Å². The van der Waals surface area contributed by atoms with E-state index in [0.29, 0.717) is 12.2 Å². The van der Waals surface area contributed by atoms with E-state index >= 15 is 0 Å². The molecule has 0 radical (unpaired) electrons. The summed E-state index contributed by atoms with van der Waals surface area (Å²) in [6.07, 6.45) is 4.90. The normalized spacial score (nSPS) is 12.5. The molecule has 2 heteroatoms. The number of Topliss-reactive ketones (excluding diaryl/α,β-unsaturated/α-hetero) is 1. The van der Waals surface area contributed by atoms with Gasteiger partial charge in [-0.25, -0.2) is 0 Å². The van der Waals surface area contributed by atoms with Crippen molar-refractivity contribution in [3.8, 4) is 0 Å². The zero-order chi connectivity index (χ0) is 9.68. The molecule has 0 bridgehead atoms. The molecule has 0 fully saturated rings. The van der Waals surface area contributed by atoms with Gasteiger partial charge in [-0.05, 0) is 18.1 Å². The van der Waals surface area contributed by atoms with Gasteiger partial charge in [-0.15, -0.1) is 0 Å². The van der Waals surface area contributed by atoms with Crippen LogP contribution in [-0.2, 0) is 11.2 Å². The minimum absolute atomic E-state index is 0.167. The van der Waals surface area contributed by atoms with Crippen molar-refractivity contribution < 1.29 is 4.79 Å². The zero-order valence-electron chi connectivity index (χ0n) is 8.16. The van der Waals surface area contributed by atoms with Crippen molar-refractivity contribution in [1.29, 1.82) is 0 Å². The predicted molar refractivity (Wildman–Crippen MR) is 52.4 cm³/mol. The fourth-order valence-corrected chi connectivity index (χ4v) is 1.11. The molecule has 0 saturated carbocycles. The van der Waals surface area contributed by atoms with E-state index in [1.165, 1.54) is 0 Å². The van der Waals surface area contributed by atoms with E-state index in [1.807, 2.05) is 26.0 Å². The van der Waals surface area contributed by atoms with Gasteiger partial charge in [0, 0.05) is 24.7 Å². The second kappa shape index (κ2) is 4.75. The first-order valence-corrected chi connectivity index (χ1v) is 4.65. The van der Waals surface area contributed by atoms with Crippen LogP contribution in [0, 0.1) is 5.92 Å². The van der Waals surface area contributed by atoms with Crippen LogP contribution in [0.15, 0.2) is 24.5 Å². The largest absolute Gasteiger partial charge is 0.299 e. The SMILES string of the molecule is CCC(C)C(=O)Cc1cccnc1. The first kappa shape index (κ1) is 9.90. The van der Waals surface area contributed by atoms with E-state index < -0.39 is 0 Å². The second-order valence-electron chi connectivity index (χ2n) is 3.31. The third-order valence-corrected chi connectivity index (χ3v) is 2.26. The molecule has 0 saturated heterocycles. The van der Waals surface area contributed by atoms with Crippen LogP contribution in [0.2, 0.25) is 0 Å². The van der Waals surface area contributed by atoms with Crippen LogP contribution in [0.25, 0.3) is 0 Å². The summed E-state index contributed by atoms with van der Waals surface area (Å²) in [6.45, 7) is 4.00. The van der Waals surface area contributed by atoms with E-state index in [0.717, 1.165) is 12.0 Å². The maximum Gasteiger partial charge on any atom is 0.140 e. The summed E-state index contributed by atoms with van der Waals surface area (Å²) in [5, 5.41) is 0. The number of hydrogen-bond acceptors (Lipinski definition) is 2. The average Bonchev–Trinajstić information content (AvgIpc) is 2.18. The van der Waals surface area contributed by atoms with Gasteiger partial charge in [0.25, 0.3) is 0 Å². The fourth-order valence-electron chi connectivity index (χ4n) is 1.11. The van der Waals surface area contributed by atoms with E-state index in [-0.39, 0.29) is 5.92 Å². The first-order chi connectivity index (χ1) is 6.24. The van der Waals surface area contributed by atoms with Gasteiger partial charge in [0.05, 0.1) is 0 Å². The molecule has 0 N–H and O–H groups in total. The van der Waals surface area contributed by atoms with Crippen LogP contribution in [0.3, 0.4) is 0 Å². The highest BCUT2D eigenvalue weighted by Gasteiger charge is 2.10. The van der Waals surface area contributed by atoms with Gasteiger partial charge in [-0.1, -0.05) is 19.9 Å². The lowest BCUT2D eigenvalue weighted by Gasteiger charge is -2.06. The monoisotopic (exact) mass is 177 g/mol. The summed E-state index contributed by atoms with van der Waals surface area (Å²) in [7, 11) is 0. The highest BCUT2D eigenvalue weighted by molar-refractivity contribution is 5.82. The molecule has 1 aromatic heterocycles. The zero-order valence-corrected chi connectivity index (χ0v) is 8.16. The van der Waals surface area contributed by atoms with Crippen LogP contribution >= 0.6 is 0 Å². The smallest absolute Gasteiger partial charge is 0.140 e. The Hall–Kier alpha value is -1.18. The number of hydrogen-bond donors (Lipinski definition) is 0. The number of carbonyl (C=O) groups excluding carboxylic acids is 1. The highest BCUT2D eigenvalue weighted by atomic mass is 16.1. The lowest BCUT2D eigenvalue weighted by Crippen LogP contribution is -2.12. The van der Waals surface area contributed by atoms with E-state index in [9.17, 15) is 4.79 Å². The van der Waals surface area contributed by atoms with Gasteiger partial charge in [-0.2, -0.15) is 0 Å². The molecule has 70 valence electrons. The Morgan fingerprint density at radius 2 is 2.38 bits per heavy atom. The number of aromatic nitrogens is 1. The first-order valence-electron chi connectivity index (χ1n) is 4.65. The summed E-state index contributed by atoms with van der Waals surface area (Å²) in [4.78, 5) is 15.5. The van der Waals surface area contributed by atoms with Gasteiger partial charge >= 0.3 is 0 Å². The molecular weight excluding hydrogens is 162 g/mol. The number of nitrogens with zero attached hydrogens (tertiary/aromatic N) is 1. The summed E-state index contributed by atoms with van der Waals surface area (Å²) >= 11 is 0. The predicted octanol–water partition coefficient (Wildman–Crippen LogP) is 2.24. The van der Waals surface area contributed by atoms with Crippen molar-refractivity contribution in [1.82, 2.24) is 4.98 Å². The van der Waals surface area contributed by atoms with Gasteiger partial charge < -0.3 is 0 Å². The Morgan fingerprint density at radius 3 is 2.92 bits per heavy atom. The van der Waals surface area contributed by atoms with Crippen molar-refractivity contribution in [2.75, 3.05) is 0 Å². The molecule has 0 aliphatic rings. The molecule has 1 unspecified atom stereocenters. The van der Waals surface area contributed by atoms with Crippen LogP contribution in [0.5, 0.6) is 0 Å². The Bertz CT molecular complexity index is 269. The molecule has 2 nitrogen and oxygen atoms in total. The Labute approximate surface area is 79.0 Å². The standard InChI is InChI=1S/C11H15NO/c1-3-9(2)11(13)7-10-5-4-6-12-8-10/h4-6,8-9H,3,7H2,1-2H3. The number of ketones is 1. The summed E-state index contributed by atoms with van der Waals surface area (Å²) in [5.74, 6) is 0.468. The second-order valence-corrected chi connectivity index (χ2v) is 3.31. The average molecular weight is 177 g/mol. The van der Waals surface area contributed by atoms with Crippen molar-refractivity contribution in [3.63, 3.8) is 0 Å². The molecule has 0 aromatic carbocycles. The lowest BCUT2D eigenvalue weighted by molar-refractivity contribution is -0.121. The van der Waals surface area contributed by atoms with Gasteiger partial charge in [0.1, 0.15) is 5.78 Å². The van der Waals surface area contributed by atoms with Crippen LogP contribution in [0.4, 0.5) is 0 Å². The van der Waals surface area contributed by atoms with Gasteiger partial charge in [0.15, 0.2) is 0 Å². The molecule has 0 aliphatic heterocycles.